The number of carbonyl (C=O) groups is 1. The second-order valence-corrected chi connectivity index (χ2v) is 6.29. The quantitative estimate of drug-likeness (QED) is 0.673. The number of nitro benzene ring substituents is 1. The van der Waals surface area contributed by atoms with Crippen LogP contribution in [0.1, 0.15) is 23.2 Å². The second-order valence-electron chi connectivity index (χ2n) is 6.29. The molecule has 8 heteroatoms. The molecule has 1 aliphatic heterocycles. The van der Waals surface area contributed by atoms with Crippen molar-refractivity contribution in [2.75, 3.05) is 19.7 Å². The number of aliphatic hydroxyl groups excluding tert-OH is 1. The molecule has 2 heterocycles. The zero-order valence-electron chi connectivity index (χ0n) is 14.0. The molecule has 0 atom stereocenters. The van der Waals surface area contributed by atoms with Gasteiger partial charge in [-0.25, -0.2) is 0 Å². The summed E-state index contributed by atoms with van der Waals surface area (Å²) < 4.78 is 1.57. The van der Waals surface area contributed by atoms with Crippen LogP contribution in [0.5, 0.6) is 0 Å². The van der Waals surface area contributed by atoms with Gasteiger partial charge in [-0.3, -0.25) is 19.6 Å². The van der Waals surface area contributed by atoms with Gasteiger partial charge in [0.25, 0.3) is 11.6 Å². The first-order valence-corrected chi connectivity index (χ1v) is 8.18. The zero-order valence-corrected chi connectivity index (χ0v) is 14.0. The molecule has 25 heavy (non-hydrogen) atoms. The van der Waals surface area contributed by atoms with Gasteiger partial charge in [0.15, 0.2) is 0 Å². The molecule has 0 aliphatic carbocycles. The van der Waals surface area contributed by atoms with Crippen LogP contribution in [-0.2, 0) is 7.05 Å². The predicted molar refractivity (Wildman–Crippen MR) is 91.0 cm³/mol. The summed E-state index contributed by atoms with van der Waals surface area (Å²) in [7, 11) is 1.74. The molecule has 1 saturated heterocycles. The lowest BCUT2D eigenvalue weighted by molar-refractivity contribution is -0.384. The number of benzene rings is 1. The molecular weight excluding hydrogens is 324 g/mol. The highest BCUT2D eigenvalue weighted by molar-refractivity contribution is 5.99. The number of likely N-dealkylation sites (tertiary alicyclic amines) is 1. The van der Waals surface area contributed by atoms with Crippen molar-refractivity contribution in [1.29, 1.82) is 0 Å². The molecule has 132 valence electrons. The van der Waals surface area contributed by atoms with Gasteiger partial charge in [-0.1, -0.05) is 0 Å². The lowest BCUT2D eigenvalue weighted by atomic mass is 9.97. The van der Waals surface area contributed by atoms with Crippen molar-refractivity contribution in [2.24, 2.45) is 13.0 Å². The Balaban J connectivity index is 1.85. The van der Waals surface area contributed by atoms with Gasteiger partial charge in [0.1, 0.15) is 5.69 Å². The van der Waals surface area contributed by atoms with Crippen LogP contribution in [0, 0.1) is 16.0 Å². The predicted octanol–water partition coefficient (Wildman–Crippen LogP) is 1.84. The Hall–Kier alpha value is -2.74. The summed E-state index contributed by atoms with van der Waals surface area (Å²) in [5.74, 6) is 0.157. The summed E-state index contributed by atoms with van der Waals surface area (Å²) in [6, 6.07) is 6.03. The Labute approximate surface area is 144 Å². The number of nitro groups is 1. The number of amides is 1. The van der Waals surface area contributed by atoms with Crippen LogP contribution in [0.3, 0.4) is 0 Å². The monoisotopic (exact) mass is 344 g/mol. The standard InChI is InChI=1S/C17H20N4O4/c1-19-10-15(17(23)20-8-6-12(11-22)7-9-20)16(18-19)13-2-4-14(5-3-13)21(24)25/h2-5,10,12,22H,6-9,11H2,1H3. The van der Waals surface area contributed by atoms with E-state index in [1.165, 1.54) is 12.1 Å². The van der Waals surface area contributed by atoms with E-state index in [0.717, 1.165) is 12.8 Å². The normalized spacial score (nSPS) is 15.4. The molecular formula is C17H20N4O4. The third-order valence-electron chi connectivity index (χ3n) is 4.57. The average molecular weight is 344 g/mol. The van der Waals surface area contributed by atoms with Gasteiger partial charge in [0.05, 0.1) is 10.5 Å². The highest BCUT2D eigenvalue weighted by Crippen LogP contribution is 2.27. The first-order chi connectivity index (χ1) is 12.0. The van der Waals surface area contributed by atoms with Crippen molar-refractivity contribution in [2.45, 2.75) is 12.8 Å². The van der Waals surface area contributed by atoms with Crippen LogP contribution in [0.4, 0.5) is 5.69 Å². The summed E-state index contributed by atoms with van der Waals surface area (Å²) in [5, 5.41) is 24.4. The molecule has 0 saturated carbocycles. The molecule has 0 bridgehead atoms. The first kappa shape index (κ1) is 17.1. The number of hydrogen-bond acceptors (Lipinski definition) is 5. The molecule has 0 spiro atoms. The maximum absolute atomic E-state index is 12.9. The third kappa shape index (κ3) is 3.53. The van der Waals surface area contributed by atoms with E-state index < -0.39 is 4.92 Å². The number of piperidine rings is 1. The van der Waals surface area contributed by atoms with E-state index in [0.29, 0.717) is 29.9 Å². The fraction of sp³-hybridized carbons (Fsp3) is 0.412. The molecule has 2 aromatic rings. The summed E-state index contributed by atoms with van der Waals surface area (Å²) in [5.41, 5.74) is 1.67. The van der Waals surface area contributed by atoms with E-state index in [1.807, 2.05) is 0 Å². The van der Waals surface area contributed by atoms with E-state index in [-0.39, 0.29) is 24.1 Å². The number of carbonyl (C=O) groups excluding carboxylic acids is 1. The van der Waals surface area contributed by atoms with Crippen molar-refractivity contribution >= 4 is 11.6 Å². The topological polar surface area (TPSA) is 102 Å². The molecule has 0 radical (unpaired) electrons. The molecule has 3 rings (SSSR count). The number of hydrogen-bond donors (Lipinski definition) is 1. The van der Waals surface area contributed by atoms with Gasteiger partial charge >= 0.3 is 0 Å². The van der Waals surface area contributed by atoms with Gasteiger partial charge in [-0.05, 0) is 30.9 Å². The number of nitrogens with zero attached hydrogens (tertiary/aromatic N) is 4. The van der Waals surface area contributed by atoms with Crippen molar-refractivity contribution in [3.8, 4) is 11.3 Å². The van der Waals surface area contributed by atoms with Gasteiger partial charge in [0.2, 0.25) is 0 Å². The minimum absolute atomic E-state index is 0.00127. The summed E-state index contributed by atoms with van der Waals surface area (Å²) in [4.78, 5) is 25.0. The van der Waals surface area contributed by atoms with Crippen LogP contribution >= 0.6 is 0 Å². The second kappa shape index (κ2) is 7.02. The molecule has 1 aromatic carbocycles. The van der Waals surface area contributed by atoms with Gasteiger partial charge in [-0.2, -0.15) is 5.10 Å². The number of non-ortho nitro benzene ring substituents is 1. The number of rotatable bonds is 4. The Kier molecular flexibility index (Phi) is 4.80. The molecule has 1 aliphatic rings. The minimum Gasteiger partial charge on any atom is -0.396 e. The van der Waals surface area contributed by atoms with E-state index >= 15 is 0 Å². The maximum Gasteiger partial charge on any atom is 0.269 e. The fourth-order valence-corrected chi connectivity index (χ4v) is 3.09. The fourth-order valence-electron chi connectivity index (χ4n) is 3.09. The first-order valence-electron chi connectivity index (χ1n) is 8.18. The van der Waals surface area contributed by atoms with Crippen molar-refractivity contribution in [3.63, 3.8) is 0 Å². The van der Waals surface area contributed by atoms with E-state index in [9.17, 15) is 20.0 Å². The van der Waals surface area contributed by atoms with Gasteiger partial charge in [-0.15, -0.1) is 0 Å². The minimum atomic E-state index is -0.459. The average Bonchev–Trinajstić information content (AvgIpc) is 3.03. The van der Waals surface area contributed by atoms with Crippen LogP contribution in [-0.4, -0.2) is 50.3 Å². The molecule has 1 fully saturated rings. The Morgan fingerprint density at radius 1 is 1.32 bits per heavy atom. The third-order valence-corrected chi connectivity index (χ3v) is 4.57. The van der Waals surface area contributed by atoms with Crippen molar-refractivity contribution in [3.05, 3.63) is 46.1 Å². The molecule has 1 N–H and O–H groups in total. The number of aliphatic hydroxyl groups is 1. The van der Waals surface area contributed by atoms with E-state index in [2.05, 4.69) is 5.10 Å². The molecule has 1 aromatic heterocycles. The highest BCUT2D eigenvalue weighted by Gasteiger charge is 2.26. The van der Waals surface area contributed by atoms with E-state index in [1.54, 1.807) is 35.0 Å². The maximum atomic E-state index is 12.9. The van der Waals surface area contributed by atoms with Crippen LogP contribution < -0.4 is 0 Å². The van der Waals surface area contributed by atoms with Crippen molar-refractivity contribution in [1.82, 2.24) is 14.7 Å². The number of aryl methyl sites for hydroxylation is 1. The summed E-state index contributed by atoms with van der Waals surface area (Å²) in [6.07, 6.45) is 3.25. The SMILES string of the molecule is Cn1cc(C(=O)N2CCC(CO)CC2)c(-c2ccc([N+](=O)[O-])cc2)n1. The Morgan fingerprint density at radius 3 is 2.52 bits per heavy atom. The van der Waals surface area contributed by atoms with Crippen molar-refractivity contribution < 1.29 is 14.8 Å². The Morgan fingerprint density at radius 2 is 1.96 bits per heavy atom. The van der Waals surface area contributed by atoms with Gasteiger partial charge < -0.3 is 10.0 Å². The summed E-state index contributed by atoms with van der Waals surface area (Å²) in [6.45, 7) is 1.38. The summed E-state index contributed by atoms with van der Waals surface area (Å²) >= 11 is 0. The van der Waals surface area contributed by atoms with Crippen LogP contribution in [0.25, 0.3) is 11.3 Å². The lowest BCUT2D eigenvalue weighted by Gasteiger charge is -2.31. The molecule has 0 unspecified atom stereocenters. The number of aromatic nitrogens is 2. The smallest absolute Gasteiger partial charge is 0.269 e. The molecule has 1 amide bonds. The lowest BCUT2D eigenvalue weighted by Crippen LogP contribution is -2.39. The van der Waals surface area contributed by atoms with Crippen LogP contribution in [0.15, 0.2) is 30.5 Å². The molecule has 8 nitrogen and oxygen atoms in total. The van der Waals surface area contributed by atoms with E-state index in [4.69, 9.17) is 0 Å². The zero-order chi connectivity index (χ0) is 18.0. The van der Waals surface area contributed by atoms with Crippen LogP contribution in [0.2, 0.25) is 0 Å². The highest BCUT2D eigenvalue weighted by atomic mass is 16.6. The largest absolute Gasteiger partial charge is 0.396 e. The van der Waals surface area contributed by atoms with Gasteiger partial charge in [0, 0.05) is 50.6 Å². The Bertz CT molecular complexity index is 776.